The number of carbonyl (C=O) groups is 1. The number of pyridine rings is 2. The Labute approximate surface area is 179 Å². The van der Waals surface area contributed by atoms with Crippen molar-refractivity contribution < 1.29 is 19.0 Å². The first-order valence-corrected chi connectivity index (χ1v) is 10.6. The van der Waals surface area contributed by atoms with Gasteiger partial charge in [0.15, 0.2) is 0 Å². The molecule has 2 aliphatic rings. The summed E-state index contributed by atoms with van der Waals surface area (Å²) in [5.41, 5.74) is 1.42. The molecule has 0 radical (unpaired) electrons. The van der Waals surface area contributed by atoms with Crippen molar-refractivity contribution in [1.82, 2.24) is 9.97 Å². The molecule has 3 aromatic rings. The molecule has 2 heterocycles. The van der Waals surface area contributed by atoms with Crippen LogP contribution in [0.5, 0.6) is 5.75 Å². The van der Waals surface area contributed by atoms with Crippen LogP contribution in [0.15, 0.2) is 48.8 Å². The van der Waals surface area contributed by atoms with Gasteiger partial charge in [-0.15, -0.1) is 0 Å². The maximum Gasteiger partial charge on any atom is 0.228 e. The Morgan fingerprint density at radius 2 is 2.03 bits per heavy atom. The van der Waals surface area contributed by atoms with E-state index in [1.807, 2.05) is 6.92 Å². The van der Waals surface area contributed by atoms with Gasteiger partial charge >= 0.3 is 0 Å². The fourth-order valence-electron chi connectivity index (χ4n) is 5.06. The molecule has 0 spiro atoms. The average molecular weight is 421 g/mol. The largest absolute Gasteiger partial charge is 0.490 e. The summed E-state index contributed by atoms with van der Waals surface area (Å²) in [4.78, 5) is 21.1. The lowest BCUT2D eigenvalue weighted by Gasteiger charge is -2.20. The maximum atomic E-state index is 13.7. The van der Waals surface area contributed by atoms with Gasteiger partial charge in [-0.1, -0.05) is 13.0 Å². The smallest absolute Gasteiger partial charge is 0.228 e. The second kappa shape index (κ2) is 7.89. The van der Waals surface area contributed by atoms with E-state index in [0.717, 1.165) is 12.8 Å². The molecule has 2 N–H and O–H groups in total. The number of nitrogens with zero attached hydrogens (tertiary/aromatic N) is 2. The second-order valence-electron chi connectivity index (χ2n) is 8.57. The Morgan fingerprint density at radius 3 is 2.74 bits per heavy atom. The molecule has 5 atom stereocenters. The second-order valence-corrected chi connectivity index (χ2v) is 8.57. The molecule has 0 aliphatic heterocycles. The van der Waals surface area contributed by atoms with E-state index in [1.54, 1.807) is 36.7 Å². The van der Waals surface area contributed by atoms with Crippen molar-refractivity contribution in [2.75, 3.05) is 5.32 Å². The number of ether oxygens (including phenoxy) is 1. The molecule has 0 bridgehead atoms. The topological polar surface area (TPSA) is 84.3 Å². The van der Waals surface area contributed by atoms with E-state index in [9.17, 15) is 9.18 Å². The van der Waals surface area contributed by atoms with E-state index in [2.05, 4.69) is 15.3 Å². The first-order valence-electron chi connectivity index (χ1n) is 10.6. The third kappa shape index (κ3) is 3.85. The average Bonchev–Trinajstić information content (AvgIpc) is 3.28. The van der Waals surface area contributed by atoms with E-state index in [-0.39, 0.29) is 30.4 Å². The minimum atomic E-state index is -0.306. The van der Waals surface area contributed by atoms with E-state index in [1.165, 1.54) is 12.1 Å². The molecular formula is C24H24FN3O3. The molecule has 2 fully saturated rings. The molecule has 2 saturated carbocycles. The number of anilines is 1. The van der Waals surface area contributed by atoms with E-state index in [4.69, 9.17) is 9.84 Å². The molecular weight excluding hydrogens is 397 g/mol. The van der Waals surface area contributed by atoms with Gasteiger partial charge in [0.05, 0.1) is 18.2 Å². The molecule has 2 aliphatic carbocycles. The van der Waals surface area contributed by atoms with Crippen LogP contribution >= 0.6 is 0 Å². The van der Waals surface area contributed by atoms with Crippen molar-refractivity contribution in [2.45, 2.75) is 32.5 Å². The van der Waals surface area contributed by atoms with Gasteiger partial charge in [0, 0.05) is 23.7 Å². The summed E-state index contributed by atoms with van der Waals surface area (Å²) < 4.78 is 19.9. The van der Waals surface area contributed by atoms with Crippen molar-refractivity contribution in [3.63, 3.8) is 0 Å². The van der Waals surface area contributed by atoms with Crippen LogP contribution < -0.4 is 10.1 Å². The van der Waals surface area contributed by atoms with Crippen molar-refractivity contribution in [1.29, 1.82) is 0 Å². The van der Waals surface area contributed by atoms with Crippen LogP contribution in [0.2, 0.25) is 0 Å². The summed E-state index contributed by atoms with van der Waals surface area (Å²) in [5.74, 6) is 2.01. The Hall–Kier alpha value is -3.06. The van der Waals surface area contributed by atoms with Gasteiger partial charge in [-0.05, 0) is 66.5 Å². The fourth-order valence-corrected chi connectivity index (χ4v) is 5.06. The van der Waals surface area contributed by atoms with Crippen molar-refractivity contribution in [3.8, 4) is 5.75 Å². The van der Waals surface area contributed by atoms with Crippen molar-refractivity contribution in [2.24, 2.45) is 23.7 Å². The predicted octanol–water partition coefficient (Wildman–Crippen LogP) is 3.94. The van der Waals surface area contributed by atoms with Crippen LogP contribution in [-0.4, -0.2) is 27.1 Å². The van der Waals surface area contributed by atoms with Gasteiger partial charge in [0.25, 0.3) is 0 Å². The van der Waals surface area contributed by atoms with Gasteiger partial charge in [-0.25, -0.2) is 9.37 Å². The number of hydrogen-bond acceptors (Lipinski definition) is 5. The SMILES string of the molecule is CC(C(=O)Nc1ccc(CO)cn1)C1[C@H]2CC(Oc3ccnc4ccc(F)cc34)C[C@@H]12. The third-order valence-corrected chi connectivity index (χ3v) is 6.67. The van der Waals surface area contributed by atoms with E-state index < -0.39 is 0 Å². The lowest BCUT2D eigenvalue weighted by Crippen LogP contribution is -2.26. The van der Waals surface area contributed by atoms with Gasteiger partial charge in [-0.2, -0.15) is 0 Å². The minimum absolute atomic E-state index is 0.0308. The van der Waals surface area contributed by atoms with Gasteiger partial charge in [0.1, 0.15) is 17.4 Å². The van der Waals surface area contributed by atoms with Gasteiger partial charge in [0.2, 0.25) is 5.91 Å². The summed E-state index contributed by atoms with van der Waals surface area (Å²) in [5, 5.41) is 12.7. The summed E-state index contributed by atoms with van der Waals surface area (Å²) in [6, 6.07) is 9.76. The molecule has 160 valence electrons. The number of rotatable bonds is 6. The zero-order chi connectivity index (χ0) is 21.5. The Morgan fingerprint density at radius 1 is 1.23 bits per heavy atom. The number of amides is 1. The number of aromatic nitrogens is 2. The lowest BCUT2D eigenvalue weighted by atomic mass is 9.97. The molecule has 1 aromatic carbocycles. The van der Waals surface area contributed by atoms with E-state index in [0.29, 0.717) is 45.8 Å². The number of nitrogens with one attached hydrogen (secondary N) is 1. The lowest BCUT2D eigenvalue weighted by molar-refractivity contribution is -0.120. The third-order valence-electron chi connectivity index (χ3n) is 6.67. The molecule has 5 rings (SSSR count). The molecule has 7 heteroatoms. The number of aliphatic hydroxyl groups is 1. The zero-order valence-electron chi connectivity index (χ0n) is 17.2. The number of halogens is 1. The van der Waals surface area contributed by atoms with Crippen molar-refractivity contribution in [3.05, 3.63) is 60.2 Å². The molecule has 1 amide bonds. The molecule has 0 saturated heterocycles. The summed E-state index contributed by atoms with van der Waals surface area (Å²) in [6.45, 7) is 1.89. The molecule has 31 heavy (non-hydrogen) atoms. The number of benzene rings is 1. The van der Waals surface area contributed by atoms with Gasteiger partial charge in [-0.3, -0.25) is 9.78 Å². The summed E-state index contributed by atoms with van der Waals surface area (Å²) >= 11 is 0. The highest BCUT2D eigenvalue weighted by atomic mass is 19.1. The highest BCUT2D eigenvalue weighted by Crippen LogP contribution is 2.61. The Bertz CT molecular complexity index is 1110. The number of aliphatic hydroxyl groups excluding tert-OH is 1. The van der Waals surface area contributed by atoms with Crippen molar-refractivity contribution >= 4 is 22.6 Å². The summed E-state index contributed by atoms with van der Waals surface area (Å²) in [7, 11) is 0. The van der Waals surface area contributed by atoms with Crippen LogP contribution in [0, 0.1) is 29.5 Å². The first kappa shape index (κ1) is 19.9. The number of hydrogen-bond donors (Lipinski definition) is 2. The summed E-state index contributed by atoms with van der Waals surface area (Å²) in [6.07, 6.45) is 5.11. The Balaban J connectivity index is 1.18. The first-order chi connectivity index (χ1) is 15.0. The van der Waals surface area contributed by atoms with E-state index >= 15 is 0 Å². The zero-order valence-corrected chi connectivity index (χ0v) is 17.2. The van der Waals surface area contributed by atoms with Crippen LogP contribution in [0.3, 0.4) is 0 Å². The standard InChI is InChI=1S/C24H24FN3O3/c1-13(24(30)28-22-5-2-14(12-29)11-27-22)23-17-9-16(10-18(17)23)31-21-6-7-26-20-4-3-15(25)8-19(20)21/h2-8,11,13,16-18,23,29H,9-10,12H2,1H3,(H,27,28,30)/t13?,16?,17-,18+,23?. The fraction of sp³-hybridized carbons (Fsp3) is 0.375. The van der Waals surface area contributed by atoms with Crippen LogP contribution in [0.4, 0.5) is 10.2 Å². The molecule has 3 unspecified atom stereocenters. The van der Waals surface area contributed by atoms with Crippen LogP contribution in [0.1, 0.15) is 25.3 Å². The van der Waals surface area contributed by atoms with Gasteiger partial charge < -0.3 is 15.2 Å². The quantitative estimate of drug-likeness (QED) is 0.630. The maximum absolute atomic E-state index is 13.7. The highest BCUT2D eigenvalue weighted by Gasteiger charge is 2.59. The monoisotopic (exact) mass is 421 g/mol. The minimum Gasteiger partial charge on any atom is -0.490 e. The normalized spacial score (nSPS) is 25.1. The van der Waals surface area contributed by atoms with Crippen LogP contribution in [0.25, 0.3) is 10.9 Å². The molecule has 6 nitrogen and oxygen atoms in total. The highest BCUT2D eigenvalue weighted by molar-refractivity contribution is 5.92. The predicted molar refractivity (Wildman–Crippen MR) is 114 cm³/mol. The molecule has 2 aromatic heterocycles. The Kier molecular flexibility index (Phi) is 5.06. The number of fused-ring (bicyclic) bond motifs is 2. The number of carbonyl (C=O) groups excluding carboxylic acids is 1. The van der Waals surface area contributed by atoms with Crippen LogP contribution in [-0.2, 0) is 11.4 Å².